The molecule has 2 N–H and O–H groups in total. The van der Waals surface area contributed by atoms with Crippen LogP contribution in [0.15, 0.2) is 42.6 Å². The van der Waals surface area contributed by atoms with E-state index >= 15 is 0 Å². The molecule has 1 fully saturated rings. The third-order valence-electron chi connectivity index (χ3n) is 3.84. The smallest absolute Gasteiger partial charge is 0.128 e. The first-order valence-electron chi connectivity index (χ1n) is 7.17. The van der Waals surface area contributed by atoms with Crippen molar-refractivity contribution in [1.82, 2.24) is 4.98 Å². The Morgan fingerprint density at radius 1 is 0.952 bits per heavy atom. The number of piperazine rings is 1. The van der Waals surface area contributed by atoms with Gasteiger partial charge in [-0.2, -0.15) is 0 Å². The van der Waals surface area contributed by atoms with Crippen LogP contribution in [0.5, 0.6) is 0 Å². The van der Waals surface area contributed by atoms with Gasteiger partial charge >= 0.3 is 0 Å². The van der Waals surface area contributed by atoms with Crippen molar-refractivity contribution < 1.29 is 0 Å². The van der Waals surface area contributed by atoms with Crippen molar-refractivity contribution >= 4 is 23.1 Å². The van der Waals surface area contributed by atoms with Crippen molar-refractivity contribution in [3.8, 4) is 0 Å². The third kappa shape index (κ3) is 3.28. The van der Waals surface area contributed by atoms with Gasteiger partial charge in [0.25, 0.3) is 0 Å². The molecule has 1 aromatic heterocycles. The molecule has 1 saturated heterocycles. The Labute approximate surface area is 130 Å². The Balaban J connectivity index is 1.62. The monoisotopic (exact) mass is 302 g/mol. The van der Waals surface area contributed by atoms with Crippen LogP contribution in [0.25, 0.3) is 0 Å². The predicted octanol–water partition coefficient (Wildman–Crippen LogP) is 2.52. The van der Waals surface area contributed by atoms with Crippen molar-refractivity contribution in [3.63, 3.8) is 0 Å². The van der Waals surface area contributed by atoms with E-state index in [1.165, 1.54) is 5.69 Å². The number of benzene rings is 1. The van der Waals surface area contributed by atoms with Crippen molar-refractivity contribution in [1.29, 1.82) is 0 Å². The van der Waals surface area contributed by atoms with Gasteiger partial charge in [-0.15, -0.1) is 0 Å². The van der Waals surface area contributed by atoms with Crippen LogP contribution in [0.4, 0.5) is 11.5 Å². The van der Waals surface area contributed by atoms with Crippen LogP contribution in [0.1, 0.15) is 5.56 Å². The van der Waals surface area contributed by atoms with E-state index in [4.69, 9.17) is 17.3 Å². The summed E-state index contributed by atoms with van der Waals surface area (Å²) in [6.07, 6.45) is 1.86. The summed E-state index contributed by atoms with van der Waals surface area (Å²) in [5, 5.41) is 0.779. The van der Waals surface area contributed by atoms with E-state index in [1.807, 2.05) is 24.4 Å². The number of anilines is 2. The van der Waals surface area contributed by atoms with E-state index in [0.717, 1.165) is 42.6 Å². The average molecular weight is 303 g/mol. The molecule has 0 bridgehead atoms. The van der Waals surface area contributed by atoms with Crippen molar-refractivity contribution in [2.75, 3.05) is 36.0 Å². The molecule has 1 aliphatic rings. The number of pyridine rings is 1. The molecule has 3 rings (SSSR count). The fraction of sp³-hybridized carbons (Fsp3) is 0.312. The molecule has 110 valence electrons. The van der Waals surface area contributed by atoms with Gasteiger partial charge in [-0.05, 0) is 35.9 Å². The molecule has 1 aromatic carbocycles. The molecular weight excluding hydrogens is 284 g/mol. The number of nitrogens with zero attached hydrogens (tertiary/aromatic N) is 3. The highest BCUT2D eigenvalue weighted by molar-refractivity contribution is 6.30. The Morgan fingerprint density at radius 2 is 1.62 bits per heavy atom. The topological polar surface area (TPSA) is 45.4 Å². The van der Waals surface area contributed by atoms with Gasteiger partial charge in [0.1, 0.15) is 5.82 Å². The minimum absolute atomic E-state index is 0.539. The second-order valence-corrected chi connectivity index (χ2v) is 5.62. The molecule has 0 spiro atoms. The lowest BCUT2D eigenvalue weighted by molar-refractivity contribution is 0.647. The number of aromatic nitrogens is 1. The molecule has 2 aromatic rings. The molecule has 5 heteroatoms. The molecule has 0 radical (unpaired) electrons. The fourth-order valence-electron chi connectivity index (χ4n) is 2.57. The second kappa shape index (κ2) is 6.33. The molecule has 21 heavy (non-hydrogen) atoms. The zero-order valence-corrected chi connectivity index (χ0v) is 12.6. The van der Waals surface area contributed by atoms with Crippen LogP contribution in [0.2, 0.25) is 5.02 Å². The lowest BCUT2D eigenvalue weighted by Gasteiger charge is -2.36. The van der Waals surface area contributed by atoms with E-state index in [1.54, 1.807) is 0 Å². The maximum absolute atomic E-state index is 5.93. The van der Waals surface area contributed by atoms with Crippen molar-refractivity contribution in [3.05, 3.63) is 53.2 Å². The van der Waals surface area contributed by atoms with Gasteiger partial charge in [0.2, 0.25) is 0 Å². The number of hydrogen-bond donors (Lipinski definition) is 1. The summed E-state index contributed by atoms with van der Waals surface area (Å²) in [5.74, 6) is 1.03. The highest BCUT2D eigenvalue weighted by Crippen LogP contribution is 2.21. The lowest BCUT2D eigenvalue weighted by Crippen LogP contribution is -2.46. The quantitative estimate of drug-likeness (QED) is 0.946. The second-order valence-electron chi connectivity index (χ2n) is 5.18. The van der Waals surface area contributed by atoms with Gasteiger partial charge in [-0.25, -0.2) is 4.98 Å². The minimum Gasteiger partial charge on any atom is -0.368 e. The van der Waals surface area contributed by atoms with E-state index < -0.39 is 0 Å². The maximum Gasteiger partial charge on any atom is 0.128 e. The van der Waals surface area contributed by atoms with Crippen LogP contribution in [-0.2, 0) is 6.54 Å². The van der Waals surface area contributed by atoms with Gasteiger partial charge in [-0.1, -0.05) is 17.7 Å². The standard InChI is InChI=1S/C16H19ClN4/c17-14-2-4-15(5-3-14)20-7-9-21(10-8-20)16-6-1-13(11-18)12-19-16/h1-6,12H,7-11,18H2. The zero-order valence-electron chi connectivity index (χ0n) is 11.9. The zero-order chi connectivity index (χ0) is 14.7. The molecule has 0 aliphatic carbocycles. The van der Waals surface area contributed by atoms with Gasteiger partial charge in [0.15, 0.2) is 0 Å². The van der Waals surface area contributed by atoms with Gasteiger partial charge in [0, 0.05) is 49.6 Å². The van der Waals surface area contributed by atoms with Crippen molar-refractivity contribution in [2.45, 2.75) is 6.54 Å². The Kier molecular flexibility index (Phi) is 4.27. The molecule has 2 heterocycles. The summed E-state index contributed by atoms with van der Waals surface area (Å²) < 4.78 is 0. The molecule has 0 saturated carbocycles. The SMILES string of the molecule is NCc1ccc(N2CCN(c3ccc(Cl)cc3)CC2)nc1. The van der Waals surface area contributed by atoms with Gasteiger partial charge in [0.05, 0.1) is 0 Å². The summed E-state index contributed by atoms with van der Waals surface area (Å²) in [4.78, 5) is 9.18. The Hall–Kier alpha value is -1.78. The maximum atomic E-state index is 5.93. The molecular formula is C16H19ClN4. The summed E-state index contributed by atoms with van der Waals surface area (Å²) in [7, 11) is 0. The Morgan fingerprint density at radius 3 is 2.19 bits per heavy atom. The molecule has 0 amide bonds. The van der Waals surface area contributed by atoms with E-state index in [-0.39, 0.29) is 0 Å². The molecule has 4 nitrogen and oxygen atoms in total. The lowest BCUT2D eigenvalue weighted by atomic mass is 10.2. The minimum atomic E-state index is 0.539. The predicted molar refractivity (Wildman–Crippen MR) is 88.0 cm³/mol. The highest BCUT2D eigenvalue weighted by atomic mass is 35.5. The number of hydrogen-bond acceptors (Lipinski definition) is 4. The first-order chi connectivity index (χ1) is 10.3. The number of halogens is 1. The van der Waals surface area contributed by atoms with E-state index in [2.05, 4.69) is 33.0 Å². The van der Waals surface area contributed by atoms with Crippen LogP contribution < -0.4 is 15.5 Å². The largest absolute Gasteiger partial charge is 0.368 e. The first-order valence-corrected chi connectivity index (χ1v) is 7.54. The van der Waals surface area contributed by atoms with Crippen LogP contribution in [0, 0.1) is 0 Å². The first kappa shape index (κ1) is 14.2. The summed E-state index contributed by atoms with van der Waals surface area (Å²) >= 11 is 5.93. The summed E-state index contributed by atoms with van der Waals surface area (Å²) in [6, 6.07) is 12.1. The number of rotatable bonds is 3. The van der Waals surface area contributed by atoms with E-state index in [9.17, 15) is 0 Å². The third-order valence-corrected chi connectivity index (χ3v) is 4.09. The fourth-order valence-corrected chi connectivity index (χ4v) is 2.70. The number of nitrogens with two attached hydrogens (primary N) is 1. The van der Waals surface area contributed by atoms with Crippen LogP contribution in [-0.4, -0.2) is 31.2 Å². The summed E-state index contributed by atoms with van der Waals surface area (Å²) in [6.45, 7) is 4.46. The molecule has 0 unspecified atom stereocenters. The van der Waals surface area contributed by atoms with Crippen LogP contribution >= 0.6 is 11.6 Å². The average Bonchev–Trinajstić information content (AvgIpc) is 2.56. The Bertz CT molecular complexity index is 574. The highest BCUT2D eigenvalue weighted by Gasteiger charge is 2.18. The van der Waals surface area contributed by atoms with E-state index in [0.29, 0.717) is 6.54 Å². The van der Waals surface area contributed by atoms with Gasteiger partial charge in [-0.3, -0.25) is 0 Å². The molecule has 1 aliphatic heterocycles. The van der Waals surface area contributed by atoms with Gasteiger partial charge < -0.3 is 15.5 Å². The summed E-state index contributed by atoms with van der Waals surface area (Å²) in [5.41, 5.74) is 7.90. The normalized spacial score (nSPS) is 15.3. The van der Waals surface area contributed by atoms with Crippen molar-refractivity contribution in [2.24, 2.45) is 5.73 Å². The molecule has 0 atom stereocenters. The van der Waals surface area contributed by atoms with Crippen LogP contribution in [0.3, 0.4) is 0 Å².